The normalized spacial score (nSPS) is 20.0. The van der Waals surface area contributed by atoms with E-state index in [2.05, 4.69) is 17.6 Å². The number of nitrogens with one attached hydrogen (secondary N) is 1. The highest BCUT2D eigenvalue weighted by molar-refractivity contribution is 7.10. The second kappa shape index (κ2) is 8.23. The van der Waals surface area contributed by atoms with Crippen molar-refractivity contribution in [2.45, 2.75) is 57.3 Å². The Balaban J connectivity index is 0.000000298. The molecule has 29 heavy (non-hydrogen) atoms. The number of carbonyl (C=O) groups is 1. The summed E-state index contributed by atoms with van der Waals surface area (Å²) < 4.78 is 31.7. The Hall–Kier alpha value is -2.26. The summed E-state index contributed by atoms with van der Waals surface area (Å²) in [6.45, 7) is 3.19. The molecule has 0 spiro atoms. The topological polar surface area (TPSA) is 89.8 Å². The Morgan fingerprint density at radius 1 is 1.24 bits per heavy atom. The Labute approximate surface area is 169 Å². The van der Waals surface area contributed by atoms with Crippen molar-refractivity contribution in [1.29, 1.82) is 0 Å². The molecule has 0 fully saturated rings. The van der Waals surface area contributed by atoms with Crippen molar-refractivity contribution in [2.24, 2.45) is 0 Å². The summed E-state index contributed by atoms with van der Waals surface area (Å²) in [5.41, 5.74) is 5.26. The standard InChI is InChI=1S/C18H21NO2S.C2HF3O2/c1-2-3-17-12-8-19-14-5-4-10-6-15(20)16(21)7-11(10)18(14)13(12)9-22-17;3-2(4,5)1(6)7/h6-7,9,14,18-21H,2-5,8H2,1H3;(H,6,7)/t14-,18+;/m1./s1. The van der Waals surface area contributed by atoms with Gasteiger partial charge in [-0.15, -0.1) is 11.3 Å². The van der Waals surface area contributed by atoms with Crippen molar-refractivity contribution in [3.63, 3.8) is 0 Å². The van der Waals surface area contributed by atoms with Crippen LogP contribution in [0.25, 0.3) is 0 Å². The maximum absolute atomic E-state index is 10.6. The van der Waals surface area contributed by atoms with Gasteiger partial charge in [0.25, 0.3) is 0 Å². The highest BCUT2D eigenvalue weighted by Crippen LogP contribution is 2.46. The van der Waals surface area contributed by atoms with Gasteiger partial charge in [0, 0.05) is 23.4 Å². The van der Waals surface area contributed by atoms with Gasteiger partial charge < -0.3 is 20.6 Å². The summed E-state index contributed by atoms with van der Waals surface area (Å²) in [5.74, 6) is -2.46. The molecule has 2 heterocycles. The lowest BCUT2D eigenvalue weighted by atomic mass is 9.73. The van der Waals surface area contributed by atoms with Crippen LogP contribution in [0.15, 0.2) is 17.5 Å². The summed E-state index contributed by atoms with van der Waals surface area (Å²) in [6, 6.07) is 3.96. The number of phenolic OH excluding ortho intramolecular Hbond substituents is 2. The smallest absolute Gasteiger partial charge is 0.490 e. The average Bonchev–Trinajstić information content (AvgIpc) is 3.05. The minimum atomic E-state index is -5.08. The van der Waals surface area contributed by atoms with Crippen molar-refractivity contribution in [3.8, 4) is 11.5 Å². The molecular formula is C20H22F3NO4S. The number of fused-ring (bicyclic) bond motifs is 5. The lowest BCUT2D eigenvalue weighted by Crippen LogP contribution is -2.42. The SMILES string of the molecule is CCCc1scc2c1CN[C@@H]1CCc3cc(O)c(O)cc3[C@@H]21.O=C(O)C(F)(F)F. The lowest BCUT2D eigenvalue weighted by Gasteiger charge is -2.38. The van der Waals surface area contributed by atoms with Gasteiger partial charge in [0.05, 0.1) is 0 Å². The van der Waals surface area contributed by atoms with Gasteiger partial charge >= 0.3 is 12.1 Å². The van der Waals surface area contributed by atoms with E-state index in [1.165, 1.54) is 33.6 Å². The third kappa shape index (κ3) is 4.35. The first kappa shape index (κ1) is 21.4. The highest BCUT2D eigenvalue weighted by atomic mass is 32.1. The van der Waals surface area contributed by atoms with E-state index in [1.54, 1.807) is 12.1 Å². The number of phenols is 2. The minimum Gasteiger partial charge on any atom is -0.504 e. The number of hydrogen-bond donors (Lipinski definition) is 4. The van der Waals surface area contributed by atoms with Crippen molar-refractivity contribution in [1.82, 2.24) is 5.32 Å². The van der Waals surface area contributed by atoms with Crippen molar-refractivity contribution < 1.29 is 33.3 Å². The van der Waals surface area contributed by atoms with E-state index < -0.39 is 12.1 Å². The van der Waals surface area contributed by atoms with Crippen LogP contribution in [-0.2, 0) is 24.2 Å². The number of thiophene rings is 1. The number of aliphatic carboxylic acids is 1. The molecule has 1 aliphatic heterocycles. The van der Waals surface area contributed by atoms with Crippen molar-refractivity contribution in [2.75, 3.05) is 0 Å². The number of carboxylic acid groups (broad SMARTS) is 1. The minimum absolute atomic E-state index is 0.00168. The Bertz CT molecular complexity index is 910. The number of aryl methyl sites for hydroxylation is 2. The fourth-order valence-electron chi connectivity index (χ4n) is 4.01. The molecule has 1 aromatic carbocycles. The number of halogens is 3. The molecule has 0 saturated heterocycles. The van der Waals surface area contributed by atoms with Crippen LogP contribution in [0.1, 0.15) is 52.8 Å². The molecule has 0 saturated carbocycles. The molecule has 4 N–H and O–H groups in total. The van der Waals surface area contributed by atoms with Crippen LogP contribution in [-0.4, -0.2) is 33.5 Å². The van der Waals surface area contributed by atoms with E-state index in [0.717, 1.165) is 25.8 Å². The molecule has 5 nitrogen and oxygen atoms in total. The predicted molar refractivity (Wildman–Crippen MR) is 103 cm³/mol. The van der Waals surface area contributed by atoms with Gasteiger partial charge in [-0.3, -0.25) is 0 Å². The number of aromatic hydroxyl groups is 2. The monoisotopic (exact) mass is 429 g/mol. The van der Waals surface area contributed by atoms with Crippen LogP contribution in [0, 0.1) is 0 Å². The molecule has 158 valence electrons. The van der Waals surface area contributed by atoms with Gasteiger partial charge in [0.1, 0.15) is 0 Å². The lowest BCUT2D eigenvalue weighted by molar-refractivity contribution is -0.192. The van der Waals surface area contributed by atoms with Gasteiger partial charge in [-0.2, -0.15) is 13.2 Å². The van der Waals surface area contributed by atoms with Crippen molar-refractivity contribution >= 4 is 17.3 Å². The molecule has 1 aliphatic carbocycles. The fraction of sp³-hybridized carbons (Fsp3) is 0.450. The average molecular weight is 429 g/mol. The summed E-state index contributed by atoms with van der Waals surface area (Å²) in [6.07, 6.45) is -0.724. The van der Waals surface area contributed by atoms with Gasteiger partial charge in [-0.1, -0.05) is 13.3 Å². The van der Waals surface area contributed by atoms with Crippen molar-refractivity contribution in [3.05, 3.63) is 44.6 Å². The zero-order valence-electron chi connectivity index (χ0n) is 15.7. The van der Waals surface area contributed by atoms with Crippen LogP contribution >= 0.6 is 11.3 Å². The summed E-state index contributed by atoms with van der Waals surface area (Å²) in [5, 5.41) is 32.9. The first-order chi connectivity index (χ1) is 13.6. The maximum atomic E-state index is 10.6. The van der Waals surface area contributed by atoms with Gasteiger partial charge in [-0.05, 0) is 59.0 Å². The molecule has 1 aromatic heterocycles. The second-order valence-corrected chi connectivity index (χ2v) is 8.15. The first-order valence-electron chi connectivity index (χ1n) is 9.30. The largest absolute Gasteiger partial charge is 0.504 e. The molecule has 0 radical (unpaired) electrons. The highest BCUT2D eigenvalue weighted by Gasteiger charge is 2.38. The van der Waals surface area contributed by atoms with Crippen LogP contribution < -0.4 is 5.32 Å². The van der Waals surface area contributed by atoms with E-state index in [0.29, 0.717) is 12.0 Å². The van der Waals surface area contributed by atoms with Gasteiger partial charge in [0.15, 0.2) is 11.5 Å². The zero-order valence-corrected chi connectivity index (χ0v) is 16.5. The Kier molecular flexibility index (Phi) is 6.09. The van der Waals surface area contributed by atoms with E-state index in [1.807, 2.05) is 11.3 Å². The van der Waals surface area contributed by atoms with E-state index in [4.69, 9.17) is 9.90 Å². The molecule has 2 atom stereocenters. The fourth-order valence-corrected chi connectivity index (χ4v) is 5.22. The molecule has 2 aromatic rings. The summed E-state index contributed by atoms with van der Waals surface area (Å²) >= 11 is 1.88. The predicted octanol–water partition coefficient (Wildman–Crippen LogP) is 4.30. The van der Waals surface area contributed by atoms with Gasteiger partial charge in [0.2, 0.25) is 0 Å². The molecule has 0 amide bonds. The van der Waals surface area contributed by atoms with E-state index in [9.17, 15) is 23.4 Å². The van der Waals surface area contributed by atoms with E-state index >= 15 is 0 Å². The molecule has 2 aliphatic rings. The Morgan fingerprint density at radius 3 is 2.52 bits per heavy atom. The number of alkyl halides is 3. The summed E-state index contributed by atoms with van der Waals surface area (Å²) in [4.78, 5) is 10.4. The number of rotatable bonds is 2. The third-order valence-corrected chi connectivity index (χ3v) is 6.41. The van der Waals surface area contributed by atoms with Crippen LogP contribution in [0.4, 0.5) is 13.2 Å². The quantitative estimate of drug-likeness (QED) is 0.535. The molecule has 4 rings (SSSR count). The zero-order chi connectivity index (χ0) is 21.3. The Morgan fingerprint density at radius 2 is 1.90 bits per heavy atom. The molecule has 0 unspecified atom stereocenters. The number of carboxylic acids is 1. The number of benzene rings is 1. The molecule has 9 heteroatoms. The van der Waals surface area contributed by atoms with Crippen LogP contribution in [0.3, 0.4) is 0 Å². The van der Waals surface area contributed by atoms with Crippen LogP contribution in [0.5, 0.6) is 11.5 Å². The molecular weight excluding hydrogens is 407 g/mol. The van der Waals surface area contributed by atoms with Crippen LogP contribution in [0.2, 0.25) is 0 Å². The maximum Gasteiger partial charge on any atom is 0.490 e. The van der Waals surface area contributed by atoms with E-state index in [-0.39, 0.29) is 11.5 Å². The van der Waals surface area contributed by atoms with Gasteiger partial charge in [-0.25, -0.2) is 4.79 Å². The first-order valence-corrected chi connectivity index (χ1v) is 10.2. The third-order valence-electron chi connectivity index (χ3n) is 5.31. The number of hydrogen-bond acceptors (Lipinski definition) is 5. The molecule has 0 bridgehead atoms. The summed E-state index contributed by atoms with van der Waals surface area (Å²) in [7, 11) is 0. The second-order valence-electron chi connectivity index (χ2n) is 7.19.